The Morgan fingerprint density at radius 2 is 1.13 bits per heavy atom. The van der Waals surface area contributed by atoms with E-state index >= 15 is 0 Å². The molecule has 9 aromatic carbocycles. The minimum Gasteiger partial charge on any atom is -0.454 e. The number of benzene rings is 9. The molecule has 6 nitrogen and oxygen atoms in total. The Kier molecular flexibility index (Phi) is 11.2. The highest BCUT2D eigenvalue weighted by Gasteiger charge is 2.30. The minimum atomic E-state index is 0.825. The van der Waals surface area contributed by atoms with Crippen LogP contribution in [0.5, 0.6) is 0 Å². The quantitative estimate of drug-likeness (QED) is 0.114. The normalized spacial score (nSPS) is 14.4. The lowest BCUT2D eigenvalue weighted by Gasteiger charge is -2.31. The van der Waals surface area contributed by atoms with Crippen molar-refractivity contribution in [3.05, 3.63) is 290 Å². The lowest BCUT2D eigenvalue weighted by atomic mass is 9.95. The van der Waals surface area contributed by atoms with Gasteiger partial charge in [-0.2, -0.15) is 0 Å². The average molecular weight is 1110 g/mol. The number of hydrogen-bond donors (Lipinski definition) is 0. The highest BCUT2D eigenvalue weighted by atomic mass is 16.3. The number of para-hydroxylation sites is 5. The summed E-state index contributed by atoms with van der Waals surface area (Å²) in [6, 6.07) is 62.9. The van der Waals surface area contributed by atoms with Gasteiger partial charge in [-0.05, 0) is 141 Å². The number of allylic oxidation sites excluding steroid dienone is 14. The van der Waals surface area contributed by atoms with E-state index in [1.165, 1.54) is 98.3 Å². The molecule has 2 aliphatic rings. The van der Waals surface area contributed by atoms with Crippen LogP contribution in [0.4, 0.5) is 22.7 Å². The molecule has 0 amide bonds. The van der Waals surface area contributed by atoms with Crippen molar-refractivity contribution in [3.63, 3.8) is 0 Å². The van der Waals surface area contributed by atoms with Gasteiger partial charge in [0.15, 0.2) is 11.3 Å². The number of fused-ring (bicyclic) bond motifs is 18. The van der Waals surface area contributed by atoms with Crippen molar-refractivity contribution < 1.29 is 8.83 Å². The fourth-order valence-corrected chi connectivity index (χ4v) is 14.4. The molecule has 0 saturated carbocycles. The van der Waals surface area contributed by atoms with Gasteiger partial charge in [-0.15, -0.1) is 0 Å². The Bertz CT molecular complexity index is 5620. The summed E-state index contributed by atoms with van der Waals surface area (Å²) >= 11 is 0. The fourth-order valence-electron chi connectivity index (χ4n) is 14.4. The van der Waals surface area contributed by atoms with Crippen molar-refractivity contribution in [1.82, 2.24) is 8.80 Å². The van der Waals surface area contributed by atoms with Crippen molar-refractivity contribution in [3.8, 4) is 0 Å². The minimum absolute atomic E-state index is 0.825. The van der Waals surface area contributed by atoms with E-state index < -0.39 is 0 Å². The van der Waals surface area contributed by atoms with E-state index in [0.717, 1.165) is 104 Å². The van der Waals surface area contributed by atoms with Crippen LogP contribution in [-0.4, -0.2) is 8.80 Å². The van der Waals surface area contributed by atoms with Crippen molar-refractivity contribution in [2.75, 3.05) is 9.80 Å². The first kappa shape index (κ1) is 49.8. The van der Waals surface area contributed by atoms with Gasteiger partial charge in [-0.3, -0.25) is 0 Å². The highest BCUT2D eigenvalue weighted by Crippen LogP contribution is 2.50. The van der Waals surface area contributed by atoms with E-state index in [4.69, 9.17) is 8.83 Å². The van der Waals surface area contributed by atoms with Gasteiger partial charge in [0.25, 0.3) is 0 Å². The average Bonchev–Trinajstić information content (AvgIpc) is 1.64. The van der Waals surface area contributed by atoms with Crippen LogP contribution in [0.3, 0.4) is 0 Å². The van der Waals surface area contributed by atoms with E-state index in [2.05, 4.69) is 240 Å². The predicted octanol–water partition coefficient (Wildman–Crippen LogP) is 22.3. The van der Waals surface area contributed by atoms with Crippen molar-refractivity contribution in [1.29, 1.82) is 0 Å². The molecule has 0 fully saturated rings. The topological polar surface area (TPSA) is 41.6 Å². The maximum absolute atomic E-state index is 6.88. The molecular weight excluding hydrogens is 1050 g/mol. The largest absolute Gasteiger partial charge is 0.454 e. The van der Waals surface area contributed by atoms with Crippen LogP contribution in [0.25, 0.3) is 120 Å². The predicted molar refractivity (Wildman–Crippen MR) is 364 cm³/mol. The first-order chi connectivity index (χ1) is 42.4. The number of hydrogen-bond acceptors (Lipinski definition) is 4. The Morgan fingerprint density at radius 1 is 0.512 bits per heavy atom. The van der Waals surface area contributed by atoms with Gasteiger partial charge in [-0.1, -0.05) is 177 Å². The second-order valence-corrected chi connectivity index (χ2v) is 23.1. The Morgan fingerprint density at radius 3 is 1.83 bits per heavy atom. The Hall–Kier alpha value is -10.8. The van der Waals surface area contributed by atoms with E-state index in [1.807, 2.05) is 42.5 Å². The highest BCUT2D eigenvalue weighted by molar-refractivity contribution is 6.29. The van der Waals surface area contributed by atoms with Crippen LogP contribution in [0.15, 0.2) is 276 Å². The third-order valence-corrected chi connectivity index (χ3v) is 18.3. The van der Waals surface area contributed by atoms with Gasteiger partial charge < -0.3 is 27.4 Å². The zero-order valence-corrected chi connectivity index (χ0v) is 47.9. The smallest absolute Gasteiger partial charge is 0.159 e. The summed E-state index contributed by atoms with van der Waals surface area (Å²) in [5.74, 6) is 0.954. The zero-order valence-electron chi connectivity index (χ0n) is 47.9. The number of anilines is 4. The summed E-state index contributed by atoms with van der Waals surface area (Å²) in [4.78, 5) is 4.81. The lowest BCUT2D eigenvalue weighted by Crippen LogP contribution is -2.19. The molecule has 6 heteroatoms. The number of furan rings is 2. The van der Waals surface area contributed by atoms with Gasteiger partial charge in [0.05, 0.1) is 44.5 Å². The van der Waals surface area contributed by atoms with Crippen LogP contribution in [0.2, 0.25) is 0 Å². The van der Waals surface area contributed by atoms with Gasteiger partial charge in [0, 0.05) is 87.6 Å². The molecule has 0 bridgehead atoms. The summed E-state index contributed by atoms with van der Waals surface area (Å²) in [5.41, 5.74) is 22.1. The van der Waals surface area contributed by atoms with Gasteiger partial charge >= 0.3 is 0 Å². The van der Waals surface area contributed by atoms with Crippen molar-refractivity contribution >= 4 is 143 Å². The van der Waals surface area contributed by atoms with Crippen molar-refractivity contribution in [2.24, 2.45) is 0 Å². The van der Waals surface area contributed by atoms with Gasteiger partial charge in [-0.25, -0.2) is 0 Å². The van der Waals surface area contributed by atoms with Gasteiger partial charge in [0.2, 0.25) is 0 Å². The molecule has 410 valence electrons. The van der Waals surface area contributed by atoms with E-state index in [-0.39, 0.29) is 0 Å². The molecule has 0 N–H and O–H groups in total. The van der Waals surface area contributed by atoms with Crippen molar-refractivity contribution in [2.45, 2.75) is 39.5 Å². The molecule has 0 spiro atoms. The number of aromatic nitrogens is 2. The van der Waals surface area contributed by atoms with Gasteiger partial charge in [0.1, 0.15) is 11.2 Å². The number of rotatable bonds is 12. The maximum atomic E-state index is 6.88. The third-order valence-electron chi connectivity index (χ3n) is 18.3. The molecule has 0 atom stereocenters. The van der Waals surface area contributed by atoms with E-state index in [0.29, 0.717) is 0 Å². The molecule has 0 radical (unpaired) electrons. The number of nitrogens with zero attached hydrogens (tertiary/aromatic N) is 4. The third kappa shape index (κ3) is 7.32. The summed E-state index contributed by atoms with van der Waals surface area (Å²) < 4.78 is 18.7. The first-order valence-electron chi connectivity index (χ1n) is 29.9. The molecule has 17 rings (SSSR count). The number of aryl methyl sites for hydroxylation is 2. The lowest BCUT2D eigenvalue weighted by molar-refractivity contribution is 0.588. The van der Waals surface area contributed by atoms with E-state index in [1.54, 1.807) is 6.08 Å². The molecule has 86 heavy (non-hydrogen) atoms. The summed E-state index contributed by atoms with van der Waals surface area (Å²) in [6.07, 6.45) is 29.3. The van der Waals surface area contributed by atoms with Crippen LogP contribution >= 0.6 is 0 Å². The Balaban J connectivity index is 0.843. The molecule has 0 aliphatic heterocycles. The molecular formula is C80H58N4O2. The molecule has 6 heterocycles. The maximum Gasteiger partial charge on any atom is 0.159 e. The SMILES string of the molecule is C=C\C=C/C=C/C=C/C(=C(/C)C=C)N(c1ccc2c(c1)c1cccc3c4cc5c(cc4n2c13)c1cccc2c3cc(N(C4=CCCc6c4oc4ccccc64)c4cc(C6=CCCC=C6)ccc4C)ccc3n5c21)c1cccc2c1oc1ccccc12. The summed E-state index contributed by atoms with van der Waals surface area (Å²) in [5, 5.41) is 13.1. The monoisotopic (exact) mass is 1110 g/mol. The molecule has 0 saturated heterocycles. The fraction of sp³-hybridized carbons (Fsp3) is 0.0750. The second kappa shape index (κ2) is 19.4. The zero-order chi connectivity index (χ0) is 57.3. The second-order valence-electron chi connectivity index (χ2n) is 23.1. The van der Waals surface area contributed by atoms with Crippen LogP contribution in [-0.2, 0) is 6.42 Å². The molecule has 6 aromatic heterocycles. The van der Waals surface area contributed by atoms with Crippen LogP contribution in [0, 0.1) is 6.92 Å². The van der Waals surface area contributed by atoms with Crippen LogP contribution in [0.1, 0.15) is 48.6 Å². The van der Waals surface area contributed by atoms with Crippen LogP contribution < -0.4 is 9.80 Å². The molecule has 15 aromatic rings. The standard InChI is InChI=1S/C80H58N4O2/c1-5-7-8-9-10-14-33-67(49(3)6-2)81(70-34-21-31-61-55-25-15-17-36-75(55)85-79(61)70)53-40-42-68-63(45-53)57-27-19-29-59-65-48-74-66(47-73(65)83(68)77(57)59)60-30-20-28-58-64-46-54(41-43-69(64)84(74)78(58)60)82(72-44-52(39-38-50(72)4)51-23-12-11-13-24-51)71-35-22-32-62-56-26-16-18-37-76(56)86-80(62)71/h5-10,12,14-21,23-31,33-48H,1-2,11,13,22,32H2,3-4H3/b8-7-,10-9+,33-14+,67-49+. The molecule has 2 aliphatic carbocycles. The Labute approximate surface area is 497 Å². The first-order valence-corrected chi connectivity index (χ1v) is 29.9. The van der Waals surface area contributed by atoms with E-state index in [9.17, 15) is 0 Å². The summed E-state index contributed by atoms with van der Waals surface area (Å²) in [6.45, 7) is 12.5. The molecule has 0 unspecified atom stereocenters. The summed E-state index contributed by atoms with van der Waals surface area (Å²) in [7, 11) is 0.